The highest BCUT2D eigenvalue weighted by molar-refractivity contribution is 5.76. The zero-order valence-electron chi connectivity index (χ0n) is 13.6. The first-order chi connectivity index (χ1) is 11.0. The molecule has 1 heterocycles. The Labute approximate surface area is 136 Å². The lowest BCUT2D eigenvalue weighted by Crippen LogP contribution is -2.36. The third kappa shape index (κ3) is 4.59. The van der Waals surface area contributed by atoms with Crippen LogP contribution in [0.3, 0.4) is 0 Å². The number of phenols is 2. The summed E-state index contributed by atoms with van der Waals surface area (Å²) in [6.07, 6.45) is 3.34. The van der Waals surface area contributed by atoms with E-state index in [1.165, 1.54) is 6.07 Å². The van der Waals surface area contributed by atoms with Crippen LogP contribution in [0.2, 0.25) is 0 Å². The number of rotatable bonds is 7. The molecule has 6 nitrogen and oxygen atoms in total. The fourth-order valence-corrected chi connectivity index (χ4v) is 3.18. The van der Waals surface area contributed by atoms with E-state index in [1.54, 1.807) is 6.07 Å². The number of phenolic OH excluding ortho intramolecular Hbond substituents is 1. The van der Waals surface area contributed by atoms with Crippen molar-refractivity contribution in [2.75, 3.05) is 19.6 Å². The van der Waals surface area contributed by atoms with Gasteiger partial charge in [-0.3, -0.25) is 9.69 Å². The molecule has 4 N–H and O–H groups in total. The van der Waals surface area contributed by atoms with Gasteiger partial charge in [0, 0.05) is 31.1 Å². The van der Waals surface area contributed by atoms with Crippen LogP contribution in [0.5, 0.6) is 11.5 Å². The molecule has 128 valence electrons. The Hall–Kier alpha value is -1.79. The molecule has 2 rings (SSSR count). The predicted molar refractivity (Wildman–Crippen MR) is 87.3 cm³/mol. The van der Waals surface area contributed by atoms with Crippen LogP contribution in [0.1, 0.15) is 37.3 Å². The minimum Gasteiger partial charge on any atom is -0.504 e. The van der Waals surface area contributed by atoms with Crippen molar-refractivity contribution in [3.63, 3.8) is 0 Å². The van der Waals surface area contributed by atoms with E-state index in [0.29, 0.717) is 24.9 Å². The van der Waals surface area contributed by atoms with Gasteiger partial charge in [-0.1, -0.05) is 0 Å². The van der Waals surface area contributed by atoms with E-state index in [1.807, 2.05) is 6.92 Å². The molecule has 0 radical (unpaired) electrons. The highest BCUT2D eigenvalue weighted by Crippen LogP contribution is 2.31. The molecule has 1 unspecified atom stereocenters. The Morgan fingerprint density at radius 1 is 1.39 bits per heavy atom. The third-order valence-electron chi connectivity index (χ3n) is 4.38. The van der Waals surface area contributed by atoms with Crippen LogP contribution >= 0.6 is 0 Å². The van der Waals surface area contributed by atoms with Crippen LogP contribution in [0.25, 0.3) is 0 Å². The first-order valence-corrected chi connectivity index (χ1v) is 8.20. The van der Waals surface area contributed by atoms with Gasteiger partial charge >= 0.3 is 0 Å². The summed E-state index contributed by atoms with van der Waals surface area (Å²) in [5.74, 6) is -0.368. The summed E-state index contributed by atoms with van der Waals surface area (Å²) in [7, 11) is 0. The molecule has 0 spiro atoms. The number of aromatic hydroxyl groups is 2. The highest BCUT2D eigenvalue weighted by Gasteiger charge is 2.26. The normalized spacial score (nSPS) is 18.3. The van der Waals surface area contributed by atoms with Gasteiger partial charge in [-0.15, -0.1) is 0 Å². The van der Waals surface area contributed by atoms with Gasteiger partial charge in [0.15, 0.2) is 11.5 Å². The van der Waals surface area contributed by atoms with Gasteiger partial charge in [0.25, 0.3) is 0 Å². The van der Waals surface area contributed by atoms with Crippen molar-refractivity contribution in [1.29, 1.82) is 0 Å². The van der Waals surface area contributed by atoms with Crippen molar-refractivity contribution in [1.82, 2.24) is 10.2 Å². The Morgan fingerprint density at radius 3 is 2.87 bits per heavy atom. The van der Waals surface area contributed by atoms with Gasteiger partial charge < -0.3 is 20.6 Å². The van der Waals surface area contributed by atoms with E-state index in [-0.39, 0.29) is 30.1 Å². The van der Waals surface area contributed by atoms with Gasteiger partial charge in [-0.2, -0.15) is 0 Å². The fraction of sp³-hybridized carbons (Fsp3) is 0.588. The van der Waals surface area contributed by atoms with Crippen LogP contribution in [-0.2, 0) is 17.8 Å². The maximum Gasteiger partial charge on any atom is 0.221 e. The molecular weight excluding hydrogens is 296 g/mol. The number of carbonyl (C=O) groups is 1. The largest absolute Gasteiger partial charge is 0.504 e. The number of aliphatic hydroxyl groups excluding tert-OH is 1. The molecule has 0 bridgehead atoms. The molecule has 0 aliphatic carbocycles. The highest BCUT2D eigenvalue weighted by atomic mass is 16.3. The van der Waals surface area contributed by atoms with Gasteiger partial charge in [-0.05, 0) is 50.4 Å². The molecule has 1 amide bonds. The first-order valence-electron chi connectivity index (χ1n) is 8.20. The summed E-state index contributed by atoms with van der Waals surface area (Å²) in [6.45, 7) is 4.03. The smallest absolute Gasteiger partial charge is 0.221 e. The summed E-state index contributed by atoms with van der Waals surface area (Å²) >= 11 is 0. The van der Waals surface area contributed by atoms with Gasteiger partial charge in [0.05, 0.1) is 6.61 Å². The molecule has 0 saturated carbocycles. The van der Waals surface area contributed by atoms with Crippen LogP contribution in [0, 0.1) is 0 Å². The third-order valence-corrected chi connectivity index (χ3v) is 4.38. The molecule has 23 heavy (non-hydrogen) atoms. The summed E-state index contributed by atoms with van der Waals surface area (Å²) in [5.41, 5.74) is 1.20. The Morgan fingerprint density at radius 2 is 2.17 bits per heavy atom. The van der Waals surface area contributed by atoms with E-state index in [0.717, 1.165) is 31.5 Å². The molecule has 1 atom stereocenters. The first kappa shape index (κ1) is 17.6. The van der Waals surface area contributed by atoms with Crippen molar-refractivity contribution in [3.05, 3.63) is 23.3 Å². The number of hydrogen-bond acceptors (Lipinski definition) is 5. The summed E-state index contributed by atoms with van der Waals surface area (Å²) < 4.78 is 0. The van der Waals surface area contributed by atoms with Crippen molar-refractivity contribution in [2.45, 2.75) is 45.3 Å². The van der Waals surface area contributed by atoms with Crippen molar-refractivity contribution in [3.8, 4) is 11.5 Å². The monoisotopic (exact) mass is 322 g/mol. The molecule has 1 aliphatic heterocycles. The molecule has 1 fully saturated rings. The molecule has 0 aromatic heterocycles. The Kier molecular flexibility index (Phi) is 6.24. The lowest BCUT2D eigenvalue weighted by Gasteiger charge is -2.24. The van der Waals surface area contributed by atoms with Crippen molar-refractivity contribution >= 4 is 5.91 Å². The van der Waals surface area contributed by atoms with Crippen LogP contribution in [0.4, 0.5) is 0 Å². The maximum absolute atomic E-state index is 11.8. The molecule has 1 saturated heterocycles. The SMILES string of the molecule is CCNC(=O)CC1CCCN1CCc1cc(O)c(O)c(CO)c1. The van der Waals surface area contributed by atoms with Crippen molar-refractivity contribution in [2.24, 2.45) is 0 Å². The van der Waals surface area contributed by atoms with Gasteiger partial charge in [-0.25, -0.2) is 0 Å². The second-order valence-electron chi connectivity index (χ2n) is 6.02. The van der Waals surface area contributed by atoms with Crippen molar-refractivity contribution < 1.29 is 20.1 Å². The number of benzene rings is 1. The average Bonchev–Trinajstić information content (AvgIpc) is 2.95. The number of carbonyl (C=O) groups excluding carboxylic acids is 1. The molecule has 1 aromatic carbocycles. The van der Waals surface area contributed by atoms with E-state index < -0.39 is 0 Å². The fourth-order valence-electron chi connectivity index (χ4n) is 3.18. The second kappa shape index (κ2) is 8.17. The number of nitrogens with one attached hydrogen (secondary N) is 1. The number of amides is 1. The lowest BCUT2D eigenvalue weighted by atomic mass is 10.1. The van der Waals surface area contributed by atoms with Crippen LogP contribution < -0.4 is 5.32 Å². The predicted octanol–water partition coefficient (Wildman–Crippen LogP) is 1.12. The maximum atomic E-state index is 11.8. The summed E-state index contributed by atoms with van der Waals surface area (Å²) in [6, 6.07) is 3.51. The lowest BCUT2D eigenvalue weighted by molar-refractivity contribution is -0.122. The quantitative estimate of drug-likeness (QED) is 0.565. The minimum absolute atomic E-state index is 0.0919. The van der Waals surface area contributed by atoms with E-state index in [9.17, 15) is 20.1 Å². The Balaban J connectivity index is 1.94. The standard InChI is InChI=1S/C17H26N2O4/c1-2-18-16(22)10-14-4-3-6-19(14)7-5-12-8-13(11-20)17(23)15(21)9-12/h8-9,14,20-21,23H,2-7,10-11H2,1H3,(H,18,22). The molecule has 1 aromatic rings. The molecule has 1 aliphatic rings. The second-order valence-corrected chi connectivity index (χ2v) is 6.02. The van der Waals surface area contributed by atoms with Crippen LogP contribution in [0.15, 0.2) is 12.1 Å². The Bertz CT molecular complexity index is 548. The van der Waals surface area contributed by atoms with Crippen LogP contribution in [-0.4, -0.2) is 51.8 Å². The average molecular weight is 322 g/mol. The number of nitrogens with zero attached hydrogens (tertiary/aromatic N) is 1. The van der Waals surface area contributed by atoms with Gasteiger partial charge in [0.2, 0.25) is 5.91 Å². The number of hydrogen-bond donors (Lipinski definition) is 4. The summed E-state index contributed by atoms with van der Waals surface area (Å²) in [4.78, 5) is 14.1. The van der Waals surface area contributed by atoms with E-state index in [4.69, 9.17) is 0 Å². The minimum atomic E-state index is -0.309. The van der Waals surface area contributed by atoms with E-state index >= 15 is 0 Å². The van der Waals surface area contributed by atoms with Gasteiger partial charge in [0.1, 0.15) is 0 Å². The zero-order valence-corrected chi connectivity index (χ0v) is 13.6. The number of likely N-dealkylation sites (tertiary alicyclic amines) is 1. The summed E-state index contributed by atoms with van der Waals surface area (Å²) in [5, 5.41) is 31.4. The van der Waals surface area contributed by atoms with E-state index in [2.05, 4.69) is 10.2 Å². The zero-order chi connectivity index (χ0) is 16.8. The molecular formula is C17H26N2O4. The topological polar surface area (TPSA) is 93.0 Å². The molecule has 6 heteroatoms. The number of aliphatic hydroxyl groups is 1.